The van der Waals surface area contributed by atoms with Gasteiger partial charge in [-0.3, -0.25) is 14.4 Å². The molecule has 0 radical (unpaired) electrons. The fourth-order valence-corrected chi connectivity index (χ4v) is 3.25. The molecule has 2 N–H and O–H groups in total. The maximum atomic E-state index is 13.9. The molecule has 1 aromatic heterocycles. The van der Waals surface area contributed by atoms with Gasteiger partial charge < -0.3 is 15.2 Å². The summed E-state index contributed by atoms with van der Waals surface area (Å²) in [7, 11) is 0. The minimum atomic E-state index is -0.800. The van der Waals surface area contributed by atoms with E-state index in [1.165, 1.54) is 24.3 Å². The Kier molecular flexibility index (Phi) is 7.54. The molecule has 2 aromatic carbocycles. The molecule has 1 heterocycles. The molecule has 0 spiro atoms. The second-order valence-electron chi connectivity index (χ2n) is 7.88. The van der Waals surface area contributed by atoms with Crippen molar-refractivity contribution in [2.45, 2.75) is 33.0 Å². The summed E-state index contributed by atoms with van der Waals surface area (Å²) in [5.74, 6) is -1.79. The molecule has 0 aliphatic carbocycles. The Morgan fingerprint density at radius 3 is 2.25 bits per heavy atom. The van der Waals surface area contributed by atoms with Crippen LogP contribution < -0.4 is 16.2 Å². The van der Waals surface area contributed by atoms with Gasteiger partial charge in [0.1, 0.15) is 11.9 Å². The van der Waals surface area contributed by atoms with Crippen LogP contribution in [0.25, 0.3) is 0 Å². The number of rotatable bonds is 8. The average molecular weight is 435 g/mol. The summed E-state index contributed by atoms with van der Waals surface area (Å²) in [4.78, 5) is 36.9. The van der Waals surface area contributed by atoms with E-state index in [0.29, 0.717) is 6.54 Å². The lowest BCUT2D eigenvalue weighted by Gasteiger charge is -2.22. The van der Waals surface area contributed by atoms with Crippen LogP contribution in [0, 0.1) is 11.7 Å². The quantitative estimate of drug-likeness (QED) is 0.571. The lowest BCUT2D eigenvalue weighted by molar-refractivity contribution is -0.124. The van der Waals surface area contributed by atoms with Crippen molar-refractivity contribution in [2.75, 3.05) is 0 Å². The van der Waals surface area contributed by atoms with Gasteiger partial charge in [-0.1, -0.05) is 56.3 Å². The first-order valence-electron chi connectivity index (χ1n) is 10.4. The van der Waals surface area contributed by atoms with E-state index in [1.807, 2.05) is 38.1 Å². The smallest absolute Gasteiger partial charge is 0.254 e. The first-order chi connectivity index (χ1) is 15.3. The second kappa shape index (κ2) is 10.5. The van der Waals surface area contributed by atoms with Crippen molar-refractivity contribution in [3.8, 4) is 0 Å². The fourth-order valence-electron chi connectivity index (χ4n) is 3.25. The molecule has 166 valence electrons. The summed E-state index contributed by atoms with van der Waals surface area (Å²) in [5, 5.41) is 5.46. The molecule has 0 fully saturated rings. The molecular formula is C25H26FN3O3. The molecule has 7 heteroatoms. The minimum absolute atomic E-state index is 0.0685. The first-order valence-corrected chi connectivity index (χ1v) is 10.4. The zero-order valence-corrected chi connectivity index (χ0v) is 18.0. The average Bonchev–Trinajstić information content (AvgIpc) is 2.78. The molecule has 32 heavy (non-hydrogen) atoms. The van der Waals surface area contributed by atoms with Crippen molar-refractivity contribution in [2.24, 2.45) is 5.92 Å². The van der Waals surface area contributed by atoms with E-state index in [2.05, 4.69) is 10.6 Å². The van der Waals surface area contributed by atoms with Crippen LogP contribution >= 0.6 is 0 Å². The number of benzene rings is 2. The van der Waals surface area contributed by atoms with Crippen molar-refractivity contribution in [3.63, 3.8) is 0 Å². The van der Waals surface area contributed by atoms with Gasteiger partial charge in [0.05, 0.1) is 12.1 Å². The molecule has 0 saturated carbocycles. The van der Waals surface area contributed by atoms with Gasteiger partial charge >= 0.3 is 0 Å². The maximum absolute atomic E-state index is 13.9. The lowest BCUT2D eigenvalue weighted by atomic mass is 10.0. The summed E-state index contributed by atoms with van der Waals surface area (Å²) in [6.07, 6.45) is 1.73. The predicted octanol–water partition coefficient (Wildman–Crippen LogP) is 3.11. The van der Waals surface area contributed by atoms with E-state index in [-0.39, 0.29) is 29.5 Å². The van der Waals surface area contributed by atoms with Crippen molar-refractivity contribution in [1.82, 2.24) is 15.2 Å². The fraction of sp³-hybridized carbons (Fsp3) is 0.240. The van der Waals surface area contributed by atoms with Gasteiger partial charge in [-0.15, -0.1) is 0 Å². The van der Waals surface area contributed by atoms with E-state index in [0.717, 1.165) is 11.1 Å². The zero-order valence-electron chi connectivity index (χ0n) is 18.0. The van der Waals surface area contributed by atoms with Gasteiger partial charge in [-0.25, -0.2) is 4.39 Å². The van der Waals surface area contributed by atoms with Gasteiger partial charge in [-0.05, 0) is 35.2 Å². The monoisotopic (exact) mass is 435 g/mol. The Bertz CT molecular complexity index is 1140. The Morgan fingerprint density at radius 1 is 0.938 bits per heavy atom. The third kappa shape index (κ3) is 5.91. The van der Waals surface area contributed by atoms with E-state index in [9.17, 15) is 18.8 Å². The summed E-state index contributed by atoms with van der Waals surface area (Å²) in [6, 6.07) is 17.4. The van der Waals surface area contributed by atoms with E-state index >= 15 is 0 Å². The highest BCUT2D eigenvalue weighted by Gasteiger charge is 2.25. The van der Waals surface area contributed by atoms with Crippen molar-refractivity contribution < 1.29 is 14.0 Å². The molecule has 1 unspecified atom stereocenters. The number of nitrogens with zero attached hydrogens (tertiary/aromatic N) is 1. The highest BCUT2D eigenvalue weighted by atomic mass is 19.1. The SMILES string of the molecule is CC(C)C(NC(=O)c1ccccc1F)C(=O)NCc1ccc(Cn2ccccc2=O)cc1. The van der Waals surface area contributed by atoms with Gasteiger partial charge in [0, 0.05) is 18.8 Å². The molecule has 2 amide bonds. The Balaban J connectivity index is 1.59. The van der Waals surface area contributed by atoms with Crippen LogP contribution in [-0.4, -0.2) is 22.4 Å². The summed E-state index contributed by atoms with van der Waals surface area (Å²) in [6.45, 7) is 4.37. The van der Waals surface area contributed by atoms with Crippen LogP contribution in [0.3, 0.4) is 0 Å². The number of hydrogen-bond acceptors (Lipinski definition) is 3. The molecule has 3 rings (SSSR count). The molecule has 0 bridgehead atoms. The number of halogens is 1. The Morgan fingerprint density at radius 2 is 1.59 bits per heavy atom. The number of carbonyl (C=O) groups is 2. The summed E-state index contributed by atoms with van der Waals surface area (Å²) in [5.41, 5.74) is 1.68. The number of hydrogen-bond donors (Lipinski definition) is 2. The van der Waals surface area contributed by atoms with Crippen LogP contribution in [0.1, 0.15) is 35.3 Å². The van der Waals surface area contributed by atoms with Crippen molar-refractivity contribution >= 4 is 11.8 Å². The third-order valence-electron chi connectivity index (χ3n) is 5.10. The van der Waals surface area contributed by atoms with Crippen LogP contribution in [0.2, 0.25) is 0 Å². The van der Waals surface area contributed by atoms with Crippen LogP contribution in [0.5, 0.6) is 0 Å². The second-order valence-corrected chi connectivity index (χ2v) is 7.88. The van der Waals surface area contributed by atoms with Crippen LogP contribution in [0.4, 0.5) is 4.39 Å². The lowest BCUT2D eigenvalue weighted by Crippen LogP contribution is -2.49. The first kappa shape index (κ1) is 22.9. The van der Waals surface area contributed by atoms with Gasteiger partial charge in [0.2, 0.25) is 5.91 Å². The van der Waals surface area contributed by atoms with E-state index < -0.39 is 17.8 Å². The Labute approximate surface area is 186 Å². The predicted molar refractivity (Wildman–Crippen MR) is 121 cm³/mol. The zero-order chi connectivity index (χ0) is 23.1. The summed E-state index contributed by atoms with van der Waals surface area (Å²) < 4.78 is 15.5. The number of amides is 2. The largest absolute Gasteiger partial charge is 0.350 e. The molecule has 0 saturated heterocycles. The van der Waals surface area contributed by atoms with Gasteiger partial charge in [0.15, 0.2) is 0 Å². The number of pyridine rings is 1. The van der Waals surface area contributed by atoms with Crippen molar-refractivity contribution in [3.05, 3.63) is 106 Å². The molecule has 1 atom stereocenters. The molecule has 0 aliphatic heterocycles. The van der Waals surface area contributed by atoms with Gasteiger partial charge in [-0.2, -0.15) is 0 Å². The van der Waals surface area contributed by atoms with E-state index in [1.54, 1.807) is 29.0 Å². The topological polar surface area (TPSA) is 80.2 Å². The van der Waals surface area contributed by atoms with Gasteiger partial charge in [0.25, 0.3) is 11.5 Å². The standard InChI is InChI=1S/C25H26FN3O3/c1-17(2)23(28-24(31)20-7-3-4-8-21(20)26)25(32)27-15-18-10-12-19(13-11-18)16-29-14-6-5-9-22(29)30/h3-14,17,23H,15-16H2,1-2H3,(H,27,32)(H,28,31). The third-order valence-corrected chi connectivity index (χ3v) is 5.10. The molecule has 3 aromatic rings. The normalized spacial score (nSPS) is 11.8. The van der Waals surface area contributed by atoms with Crippen LogP contribution in [-0.2, 0) is 17.9 Å². The highest BCUT2D eigenvalue weighted by molar-refractivity contribution is 5.97. The highest BCUT2D eigenvalue weighted by Crippen LogP contribution is 2.10. The molecule has 6 nitrogen and oxygen atoms in total. The van der Waals surface area contributed by atoms with E-state index in [4.69, 9.17) is 0 Å². The van der Waals surface area contributed by atoms with Crippen LogP contribution in [0.15, 0.2) is 77.7 Å². The number of aromatic nitrogens is 1. The number of carbonyl (C=O) groups excluding carboxylic acids is 2. The van der Waals surface area contributed by atoms with Crippen molar-refractivity contribution in [1.29, 1.82) is 0 Å². The molecular weight excluding hydrogens is 409 g/mol. The summed E-state index contributed by atoms with van der Waals surface area (Å²) >= 11 is 0. The Hall–Kier alpha value is -3.74. The molecule has 0 aliphatic rings. The maximum Gasteiger partial charge on any atom is 0.254 e. The minimum Gasteiger partial charge on any atom is -0.350 e. The number of nitrogens with one attached hydrogen (secondary N) is 2.